The van der Waals surface area contributed by atoms with E-state index in [0.717, 1.165) is 12.8 Å². The van der Waals surface area contributed by atoms with Gasteiger partial charge < -0.3 is 4.74 Å². The second kappa shape index (κ2) is 7.14. The lowest BCUT2D eigenvalue weighted by atomic mass is 10.0. The van der Waals surface area contributed by atoms with Gasteiger partial charge in [0.25, 0.3) is 6.47 Å². The van der Waals surface area contributed by atoms with E-state index in [1.807, 2.05) is 0 Å². The van der Waals surface area contributed by atoms with Gasteiger partial charge >= 0.3 is 0 Å². The molecule has 1 unspecified atom stereocenters. The van der Waals surface area contributed by atoms with Crippen LogP contribution >= 0.6 is 0 Å². The molecule has 0 N–H and O–H groups in total. The summed E-state index contributed by atoms with van der Waals surface area (Å²) in [6, 6.07) is 0. The molecule has 0 aromatic carbocycles. The van der Waals surface area contributed by atoms with E-state index in [1.165, 1.54) is 12.8 Å². The molecular weight excluding hydrogens is 152 g/mol. The molecule has 0 heterocycles. The molecule has 12 heavy (non-hydrogen) atoms. The predicted molar refractivity (Wildman–Crippen MR) is 49.9 cm³/mol. The molecule has 0 radical (unpaired) electrons. The Balaban J connectivity index is 3.55. The van der Waals surface area contributed by atoms with Gasteiger partial charge in [0.05, 0.1) is 0 Å². The van der Waals surface area contributed by atoms with Crippen molar-refractivity contribution in [2.24, 2.45) is 5.92 Å². The highest BCUT2D eigenvalue weighted by atomic mass is 16.5. The first kappa shape index (κ1) is 11.5. The van der Waals surface area contributed by atoms with Crippen LogP contribution < -0.4 is 0 Å². The van der Waals surface area contributed by atoms with E-state index in [-0.39, 0.29) is 6.10 Å². The van der Waals surface area contributed by atoms with E-state index in [4.69, 9.17) is 4.74 Å². The average molecular weight is 172 g/mol. The highest BCUT2D eigenvalue weighted by Crippen LogP contribution is 2.13. The molecule has 0 aliphatic rings. The summed E-state index contributed by atoms with van der Waals surface area (Å²) in [5.74, 6) is 0.437. The molecule has 1 atom stereocenters. The summed E-state index contributed by atoms with van der Waals surface area (Å²) < 4.78 is 4.97. The number of hydrogen-bond donors (Lipinski definition) is 0. The van der Waals surface area contributed by atoms with Crippen molar-refractivity contribution in [1.29, 1.82) is 0 Å². The van der Waals surface area contributed by atoms with Crippen LogP contribution in [0.5, 0.6) is 0 Å². The molecule has 2 heteroatoms. The Morgan fingerprint density at radius 1 is 1.33 bits per heavy atom. The zero-order valence-corrected chi connectivity index (χ0v) is 8.38. The SMILES string of the molecule is CCCCCC(OC=O)C(C)C. The van der Waals surface area contributed by atoms with Crippen LogP contribution in [-0.2, 0) is 9.53 Å². The number of rotatable bonds is 7. The van der Waals surface area contributed by atoms with Gasteiger partial charge in [-0.3, -0.25) is 4.79 Å². The topological polar surface area (TPSA) is 26.3 Å². The van der Waals surface area contributed by atoms with E-state index in [2.05, 4.69) is 20.8 Å². The van der Waals surface area contributed by atoms with Crippen molar-refractivity contribution in [3.63, 3.8) is 0 Å². The van der Waals surface area contributed by atoms with Crippen molar-refractivity contribution in [2.45, 2.75) is 52.6 Å². The number of unbranched alkanes of at least 4 members (excludes halogenated alkanes) is 2. The Bertz CT molecular complexity index is 110. The number of carbonyl (C=O) groups excluding carboxylic acids is 1. The van der Waals surface area contributed by atoms with Gasteiger partial charge in [-0.1, -0.05) is 33.6 Å². The molecule has 0 bridgehead atoms. The predicted octanol–water partition coefficient (Wildman–Crippen LogP) is 2.76. The van der Waals surface area contributed by atoms with Crippen LogP contribution in [0, 0.1) is 5.92 Å². The van der Waals surface area contributed by atoms with Crippen molar-refractivity contribution in [1.82, 2.24) is 0 Å². The zero-order valence-electron chi connectivity index (χ0n) is 8.38. The maximum absolute atomic E-state index is 10.1. The Kier molecular flexibility index (Phi) is 6.82. The van der Waals surface area contributed by atoms with Crippen LogP contribution in [-0.4, -0.2) is 12.6 Å². The molecule has 0 rings (SSSR count). The summed E-state index contributed by atoms with van der Waals surface area (Å²) >= 11 is 0. The van der Waals surface area contributed by atoms with Crippen LogP contribution in [0.1, 0.15) is 46.5 Å². The highest BCUT2D eigenvalue weighted by molar-refractivity contribution is 5.37. The summed E-state index contributed by atoms with van der Waals surface area (Å²) in [5, 5.41) is 0. The second-order valence-electron chi connectivity index (χ2n) is 3.51. The fourth-order valence-electron chi connectivity index (χ4n) is 1.23. The van der Waals surface area contributed by atoms with Crippen LogP contribution in [0.2, 0.25) is 0 Å². The smallest absolute Gasteiger partial charge is 0.293 e. The summed E-state index contributed by atoms with van der Waals surface area (Å²) in [4.78, 5) is 10.1. The lowest BCUT2D eigenvalue weighted by Gasteiger charge is -2.18. The quantitative estimate of drug-likeness (QED) is 0.436. The molecule has 0 spiro atoms. The fourth-order valence-corrected chi connectivity index (χ4v) is 1.23. The highest BCUT2D eigenvalue weighted by Gasteiger charge is 2.12. The lowest BCUT2D eigenvalue weighted by molar-refractivity contribution is -0.136. The monoisotopic (exact) mass is 172 g/mol. The van der Waals surface area contributed by atoms with Crippen molar-refractivity contribution in [3.8, 4) is 0 Å². The first-order chi connectivity index (χ1) is 5.72. The van der Waals surface area contributed by atoms with Gasteiger partial charge in [0.15, 0.2) is 0 Å². The van der Waals surface area contributed by atoms with Gasteiger partial charge in [0, 0.05) is 0 Å². The van der Waals surface area contributed by atoms with E-state index in [1.54, 1.807) is 0 Å². The van der Waals surface area contributed by atoms with Gasteiger partial charge in [-0.2, -0.15) is 0 Å². The first-order valence-corrected chi connectivity index (χ1v) is 4.81. The summed E-state index contributed by atoms with van der Waals surface area (Å²) in [5.41, 5.74) is 0. The fraction of sp³-hybridized carbons (Fsp3) is 0.900. The maximum Gasteiger partial charge on any atom is 0.293 e. The van der Waals surface area contributed by atoms with Crippen molar-refractivity contribution in [2.75, 3.05) is 0 Å². The van der Waals surface area contributed by atoms with Gasteiger partial charge in [-0.05, 0) is 18.8 Å². The van der Waals surface area contributed by atoms with Crippen molar-refractivity contribution >= 4 is 6.47 Å². The largest absolute Gasteiger partial charge is 0.464 e. The average Bonchev–Trinajstić information content (AvgIpc) is 2.03. The van der Waals surface area contributed by atoms with Gasteiger partial charge in [0.2, 0.25) is 0 Å². The first-order valence-electron chi connectivity index (χ1n) is 4.81. The molecule has 0 saturated heterocycles. The Labute approximate surface area is 75.3 Å². The third kappa shape index (κ3) is 5.16. The van der Waals surface area contributed by atoms with Gasteiger partial charge in [0.1, 0.15) is 6.10 Å². The third-order valence-electron chi connectivity index (χ3n) is 2.07. The maximum atomic E-state index is 10.1. The molecule has 0 fully saturated rings. The minimum atomic E-state index is 0.119. The molecule has 72 valence electrons. The molecule has 0 aliphatic heterocycles. The van der Waals surface area contributed by atoms with Crippen molar-refractivity contribution in [3.05, 3.63) is 0 Å². The van der Waals surface area contributed by atoms with Gasteiger partial charge in [-0.25, -0.2) is 0 Å². The van der Waals surface area contributed by atoms with Crippen LogP contribution in [0.3, 0.4) is 0 Å². The zero-order chi connectivity index (χ0) is 9.40. The normalized spacial score (nSPS) is 13.0. The third-order valence-corrected chi connectivity index (χ3v) is 2.07. The summed E-state index contributed by atoms with van der Waals surface area (Å²) in [6.45, 7) is 6.90. The molecule has 0 aromatic rings. The minimum absolute atomic E-state index is 0.119. The van der Waals surface area contributed by atoms with E-state index >= 15 is 0 Å². The number of hydrogen-bond acceptors (Lipinski definition) is 2. The Hall–Kier alpha value is -0.530. The van der Waals surface area contributed by atoms with Gasteiger partial charge in [-0.15, -0.1) is 0 Å². The Morgan fingerprint density at radius 2 is 2.00 bits per heavy atom. The van der Waals surface area contributed by atoms with Crippen molar-refractivity contribution < 1.29 is 9.53 Å². The minimum Gasteiger partial charge on any atom is -0.464 e. The molecule has 0 saturated carbocycles. The number of carbonyl (C=O) groups is 1. The summed E-state index contributed by atoms with van der Waals surface area (Å²) in [6.07, 6.45) is 4.73. The van der Waals surface area contributed by atoms with Crippen LogP contribution in [0.4, 0.5) is 0 Å². The lowest BCUT2D eigenvalue weighted by Crippen LogP contribution is -2.18. The number of ether oxygens (including phenoxy) is 1. The van der Waals surface area contributed by atoms with E-state index < -0.39 is 0 Å². The summed E-state index contributed by atoms with van der Waals surface area (Å²) in [7, 11) is 0. The van der Waals surface area contributed by atoms with Crippen LogP contribution in [0.15, 0.2) is 0 Å². The van der Waals surface area contributed by atoms with E-state index in [9.17, 15) is 4.79 Å². The van der Waals surface area contributed by atoms with Crippen LogP contribution in [0.25, 0.3) is 0 Å². The second-order valence-corrected chi connectivity index (χ2v) is 3.51. The molecule has 0 aliphatic carbocycles. The molecule has 0 aromatic heterocycles. The molecule has 2 nitrogen and oxygen atoms in total. The van der Waals surface area contributed by atoms with E-state index in [0.29, 0.717) is 12.4 Å². The molecule has 0 amide bonds. The standard InChI is InChI=1S/C10H20O2/c1-4-5-6-7-10(9(2)3)12-8-11/h8-10H,4-7H2,1-3H3. The Morgan fingerprint density at radius 3 is 2.42 bits per heavy atom. The molecular formula is C10H20O2.